The van der Waals surface area contributed by atoms with Crippen molar-refractivity contribution in [2.24, 2.45) is 0 Å². The van der Waals surface area contributed by atoms with Crippen LogP contribution >= 0.6 is 15.9 Å². The molecule has 0 aliphatic heterocycles. The molecule has 15 heavy (non-hydrogen) atoms. The number of aromatic nitrogens is 2. The zero-order valence-corrected chi connectivity index (χ0v) is 8.98. The highest BCUT2D eigenvalue weighted by Crippen LogP contribution is 2.27. The number of nitrogen functional groups attached to an aromatic ring is 1. The Kier molecular flexibility index (Phi) is 2.44. The summed E-state index contributed by atoms with van der Waals surface area (Å²) in [6.45, 7) is 0. The third kappa shape index (κ3) is 1.85. The van der Waals surface area contributed by atoms with Gasteiger partial charge in [0.05, 0.1) is 17.5 Å². The second-order valence-corrected chi connectivity index (χ2v) is 3.84. The van der Waals surface area contributed by atoms with Crippen LogP contribution in [0.15, 0.2) is 22.8 Å². The summed E-state index contributed by atoms with van der Waals surface area (Å²) in [5.41, 5.74) is 5.38. The average molecular weight is 274 g/mol. The smallest absolute Gasteiger partial charge is 0.197 e. The lowest BCUT2D eigenvalue weighted by molar-refractivity contribution is 0.587. The van der Waals surface area contributed by atoms with Crippen LogP contribution in [0, 0.1) is 11.6 Å². The van der Waals surface area contributed by atoms with Crippen LogP contribution < -0.4 is 5.73 Å². The Morgan fingerprint density at radius 3 is 2.33 bits per heavy atom. The first-order chi connectivity index (χ1) is 7.08. The summed E-state index contributed by atoms with van der Waals surface area (Å²) >= 11 is 2.99. The van der Waals surface area contributed by atoms with Crippen molar-refractivity contribution in [2.45, 2.75) is 0 Å². The Balaban J connectivity index is 2.62. The molecule has 0 saturated heterocycles. The molecule has 0 fully saturated rings. The number of hydrogen-bond acceptors (Lipinski definition) is 2. The SMILES string of the molecule is Nc1ncc(-c2c(F)cc(Br)cc2F)[nH]1. The predicted octanol–water partition coefficient (Wildman–Crippen LogP) is 2.70. The van der Waals surface area contributed by atoms with E-state index >= 15 is 0 Å². The number of nitrogens with zero attached hydrogens (tertiary/aromatic N) is 1. The number of hydrogen-bond donors (Lipinski definition) is 2. The van der Waals surface area contributed by atoms with Crippen molar-refractivity contribution in [3.63, 3.8) is 0 Å². The summed E-state index contributed by atoms with van der Waals surface area (Å²) in [4.78, 5) is 6.24. The van der Waals surface area contributed by atoms with Gasteiger partial charge in [0, 0.05) is 4.47 Å². The van der Waals surface area contributed by atoms with Gasteiger partial charge in [-0.05, 0) is 12.1 Å². The topological polar surface area (TPSA) is 54.7 Å². The Bertz CT molecular complexity index is 487. The van der Waals surface area contributed by atoms with Gasteiger partial charge in [-0.2, -0.15) is 0 Å². The maximum absolute atomic E-state index is 13.4. The fourth-order valence-corrected chi connectivity index (χ4v) is 1.67. The summed E-state index contributed by atoms with van der Waals surface area (Å²) < 4.78 is 27.2. The van der Waals surface area contributed by atoms with Crippen LogP contribution in [-0.2, 0) is 0 Å². The summed E-state index contributed by atoms with van der Waals surface area (Å²) in [6.07, 6.45) is 1.28. The minimum absolute atomic E-state index is 0.117. The van der Waals surface area contributed by atoms with Crippen molar-refractivity contribution >= 4 is 21.9 Å². The van der Waals surface area contributed by atoms with Gasteiger partial charge in [-0.15, -0.1) is 0 Å². The van der Waals surface area contributed by atoms with Crippen LogP contribution in [0.25, 0.3) is 11.3 Å². The molecule has 0 radical (unpaired) electrons. The van der Waals surface area contributed by atoms with Gasteiger partial charge in [0.25, 0.3) is 0 Å². The normalized spacial score (nSPS) is 10.6. The highest BCUT2D eigenvalue weighted by Gasteiger charge is 2.14. The van der Waals surface area contributed by atoms with Gasteiger partial charge in [-0.25, -0.2) is 13.8 Å². The van der Waals surface area contributed by atoms with Crippen molar-refractivity contribution in [2.75, 3.05) is 5.73 Å². The second kappa shape index (κ2) is 3.62. The lowest BCUT2D eigenvalue weighted by Crippen LogP contribution is -1.91. The molecule has 3 N–H and O–H groups in total. The van der Waals surface area contributed by atoms with Gasteiger partial charge in [-0.1, -0.05) is 15.9 Å². The van der Waals surface area contributed by atoms with E-state index in [-0.39, 0.29) is 17.2 Å². The molecule has 0 atom stereocenters. The molecule has 1 aromatic heterocycles. The quantitative estimate of drug-likeness (QED) is 0.840. The number of halogens is 3. The maximum Gasteiger partial charge on any atom is 0.197 e. The second-order valence-electron chi connectivity index (χ2n) is 2.93. The molecule has 0 amide bonds. The molecule has 6 heteroatoms. The zero-order valence-electron chi connectivity index (χ0n) is 7.39. The summed E-state index contributed by atoms with van der Waals surface area (Å²) in [7, 11) is 0. The van der Waals surface area contributed by atoms with Crippen LogP contribution in [0.2, 0.25) is 0 Å². The van der Waals surface area contributed by atoms with Crippen molar-refractivity contribution in [1.29, 1.82) is 0 Å². The van der Waals surface area contributed by atoms with Gasteiger partial charge in [0.1, 0.15) is 11.6 Å². The Hall–Kier alpha value is -1.43. The molecule has 1 heterocycles. The third-order valence-electron chi connectivity index (χ3n) is 1.87. The number of imidazole rings is 1. The summed E-state index contributed by atoms with van der Waals surface area (Å²) in [6, 6.07) is 2.35. The van der Waals surface area contributed by atoms with E-state index in [0.29, 0.717) is 4.47 Å². The predicted molar refractivity (Wildman–Crippen MR) is 56.1 cm³/mol. The standard InChI is InChI=1S/C9H6BrF2N3/c10-4-1-5(11)8(6(12)2-4)7-3-14-9(13)15-7/h1-3H,(H3,13,14,15). The van der Waals surface area contributed by atoms with Gasteiger partial charge < -0.3 is 10.7 Å². The average Bonchev–Trinajstić information content (AvgIpc) is 2.49. The number of benzene rings is 1. The van der Waals surface area contributed by atoms with E-state index in [1.54, 1.807) is 0 Å². The molecular formula is C9H6BrF2N3. The van der Waals surface area contributed by atoms with Crippen LogP contribution in [0.1, 0.15) is 0 Å². The molecule has 0 aliphatic carbocycles. The minimum Gasteiger partial charge on any atom is -0.369 e. The molecule has 1 aromatic carbocycles. The molecule has 2 rings (SSSR count). The van der Waals surface area contributed by atoms with E-state index in [4.69, 9.17) is 5.73 Å². The first-order valence-corrected chi connectivity index (χ1v) is 4.82. The van der Waals surface area contributed by atoms with E-state index in [0.717, 1.165) is 0 Å². The number of anilines is 1. The Labute approximate surface area is 92.5 Å². The highest BCUT2D eigenvalue weighted by molar-refractivity contribution is 9.10. The van der Waals surface area contributed by atoms with Crippen LogP contribution in [0.4, 0.5) is 14.7 Å². The molecule has 2 aromatic rings. The molecule has 0 aliphatic rings. The molecule has 0 spiro atoms. The number of nitrogens with one attached hydrogen (secondary N) is 1. The van der Waals surface area contributed by atoms with Crippen molar-refractivity contribution in [1.82, 2.24) is 9.97 Å². The van der Waals surface area contributed by atoms with E-state index in [2.05, 4.69) is 25.9 Å². The molecule has 78 valence electrons. The van der Waals surface area contributed by atoms with E-state index < -0.39 is 11.6 Å². The molecule has 3 nitrogen and oxygen atoms in total. The van der Waals surface area contributed by atoms with Gasteiger partial charge in [0.2, 0.25) is 0 Å². The van der Waals surface area contributed by atoms with Gasteiger partial charge >= 0.3 is 0 Å². The van der Waals surface area contributed by atoms with E-state index in [1.165, 1.54) is 18.3 Å². The number of rotatable bonds is 1. The van der Waals surface area contributed by atoms with Gasteiger partial charge in [0.15, 0.2) is 5.95 Å². The largest absolute Gasteiger partial charge is 0.369 e. The Morgan fingerprint density at radius 2 is 1.87 bits per heavy atom. The van der Waals surface area contributed by atoms with Crippen molar-refractivity contribution in [3.05, 3.63) is 34.4 Å². The molecule has 0 saturated carbocycles. The van der Waals surface area contributed by atoms with Crippen molar-refractivity contribution in [3.8, 4) is 11.3 Å². The number of H-pyrrole nitrogens is 1. The lowest BCUT2D eigenvalue weighted by atomic mass is 10.1. The number of aromatic amines is 1. The maximum atomic E-state index is 13.4. The highest BCUT2D eigenvalue weighted by atomic mass is 79.9. The number of nitrogens with two attached hydrogens (primary N) is 1. The summed E-state index contributed by atoms with van der Waals surface area (Å²) in [5, 5.41) is 0. The first kappa shape index (κ1) is 10.1. The minimum atomic E-state index is -0.675. The fourth-order valence-electron chi connectivity index (χ4n) is 1.26. The first-order valence-electron chi connectivity index (χ1n) is 4.03. The van der Waals surface area contributed by atoms with Crippen LogP contribution in [0.3, 0.4) is 0 Å². The van der Waals surface area contributed by atoms with Crippen molar-refractivity contribution < 1.29 is 8.78 Å². The van der Waals surface area contributed by atoms with Gasteiger partial charge in [-0.3, -0.25) is 0 Å². The Morgan fingerprint density at radius 1 is 1.27 bits per heavy atom. The lowest BCUT2D eigenvalue weighted by Gasteiger charge is -2.02. The third-order valence-corrected chi connectivity index (χ3v) is 2.33. The zero-order chi connectivity index (χ0) is 11.0. The molecule has 0 unspecified atom stereocenters. The summed E-state index contributed by atoms with van der Waals surface area (Å²) in [5.74, 6) is -1.23. The van der Waals surface area contributed by atoms with E-state index in [9.17, 15) is 8.78 Å². The molecular weight excluding hydrogens is 268 g/mol. The monoisotopic (exact) mass is 273 g/mol. The van der Waals surface area contributed by atoms with Crippen LogP contribution in [-0.4, -0.2) is 9.97 Å². The molecule has 0 bridgehead atoms. The van der Waals surface area contributed by atoms with E-state index in [1.807, 2.05) is 0 Å². The van der Waals surface area contributed by atoms with Crippen LogP contribution in [0.5, 0.6) is 0 Å². The fraction of sp³-hybridized carbons (Fsp3) is 0.